The molecule has 1 aliphatic rings. The van der Waals surface area contributed by atoms with Gasteiger partial charge in [-0.3, -0.25) is 9.59 Å². The van der Waals surface area contributed by atoms with Gasteiger partial charge in [-0.25, -0.2) is 9.79 Å². The highest BCUT2D eigenvalue weighted by Gasteiger charge is 2.21. The highest BCUT2D eigenvalue weighted by Crippen LogP contribution is 2.25. The van der Waals surface area contributed by atoms with Crippen molar-refractivity contribution in [2.75, 3.05) is 30.8 Å². The van der Waals surface area contributed by atoms with Crippen molar-refractivity contribution in [3.05, 3.63) is 83.4 Å². The molecule has 204 valence electrons. The molecule has 1 fully saturated rings. The predicted octanol–water partition coefficient (Wildman–Crippen LogP) is 5.00. The molecule has 1 saturated heterocycles. The van der Waals surface area contributed by atoms with E-state index in [-0.39, 0.29) is 11.7 Å². The van der Waals surface area contributed by atoms with Gasteiger partial charge in [-0.2, -0.15) is 0 Å². The lowest BCUT2D eigenvalue weighted by molar-refractivity contribution is 0.0297. The Hall–Kier alpha value is -5.30. The summed E-state index contributed by atoms with van der Waals surface area (Å²) in [5.41, 5.74) is 2.84. The van der Waals surface area contributed by atoms with E-state index in [9.17, 15) is 14.4 Å². The number of anilines is 2. The van der Waals surface area contributed by atoms with E-state index in [1.165, 1.54) is 7.11 Å². The van der Waals surface area contributed by atoms with E-state index in [0.717, 1.165) is 0 Å². The lowest BCUT2D eigenvalue weighted by Gasteiger charge is -2.29. The van der Waals surface area contributed by atoms with Crippen LogP contribution in [-0.4, -0.2) is 60.6 Å². The summed E-state index contributed by atoms with van der Waals surface area (Å²) < 4.78 is 10.1. The van der Waals surface area contributed by atoms with Crippen molar-refractivity contribution in [2.45, 2.75) is 18.9 Å². The second-order valence-electron chi connectivity index (χ2n) is 8.95. The summed E-state index contributed by atoms with van der Waals surface area (Å²) in [6.45, 7) is 1.27. The molecule has 10 nitrogen and oxygen atoms in total. The Morgan fingerprint density at radius 1 is 1.00 bits per heavy atom. The van der Waals surface area contributed by atoms with E-state index < -0.39 is 18.0 Å². The smallest absolute Gasteiger partial charge is 0.497 e. The number of hydrogen-bond acceptors (Lipinski definition) is 6. The Kier molecular flexibility index (Phi) is 8.99. The molecule has 1 heterocycles. The fraction of sp³-hybridized carbons (Fsp3) is 0.200. The Labute approximate surface area is 231 Å². The number of methoxy groups -OCH3 is 1. The van der Waals surface area contributed by atoms with Crippen LogP contribution in [-0.2, 0) is 4.74 Å². The van der Waals surface area contributed by atoms with Gasteiger partial charge in [-0.1, -0.05) is 5.92 Å². The van der Waals surface area contributed by atoms with Crippen molar-refractivity contribution in [2.24, 2.45) is 4.99 Å². The zero-order valence-corrected chi connectivity index (χ0v) is 21.8. The van der Waals surface area contributed by atoms with Crippen molar-refractivity contribution in [1.29, 1.82) is 0 Å². The van der Waals surface area contributed by atoms with Gasteiger partial charge in [0.2, 0.25) is 0 Å². The second kappa shape index (κ2) is 13.0. The van der Waals surface area contributed by atoms with Crippen molar-refractivity contribution in [3.63, 3.8) is 0 Å². The number of amides is 2. The zero-order valence-electron chi connectivity index (χ0n) is 21.8. The number of ether oxygens (including phenoxy) is 2. The SMILES string of the molecule is C#Cc1ccc(NC(=O)c2cc(OC)ccc2NC(=O)c2ccc(N=CN3CCC(OC(=O)O)CC3)cc2)cc1. The van der Waals surface area contributed by atoms with Gasteiger partial charge < -0.3 is 30.1 Å². The number of nitrogens with zero attached hydrogens (tertiary/aromatic N) is 2. The minimum atomic E-state index is -1.26. The van der Waals surface area contributed by atoms with E-state index >= 15 is 0 Å². The van der Waals surface area contributed by atoms with Gasteiger partial charge in [-0.15, -0.1) is 6.42 Å². The standard InChI is InChI=1S/C30H28N4O6/c1-3-20-4-8-23(9-5-20)32-29(36)26-18-25(39-2)12-13-27(26)33-28(35)21-6-10-22(11-7-21)31-19-34-16-14-24(15-17-34)40-30(37)38/h1,4-13,18-19,24H,14-17H2,2H3,(H,32,36)(H,33,35)(H,37,38). The number of carbonyl (C=O) groups is 3. The predicted molar refractivity (Wildman–Crippen MR) is 152 cm³/mol. The average Bonchev–Trinajstić information content (AvgIpc) is 2.97. The van der Waals surface area contributed by atoms with Gasteiger partial charge in [-0.05, 0) is 66.7 Å². The van der Waals surface area contributed by atoms with Crippen LogP contribution in [0.15, 0.2) is 71.7 Å². The molecule has 0 spiro atoms. The molecule has 3 N–H and O–H groups in total. The van der Waals surface area contributed by atoms with Crippen LogP contribution in [0.5, 0.6) is 5.75 Å². The fourth-order valence-corrected chi connectivity index (χ4v) is 4.09. The van der Waals surface area contributed by atoms with Crippen LogP contribution < -0.4 is 15.4 Å². The van der Waals surface area contributed by atoms with Crippen LogP contribution in [0, 0.1) is 12.3 Å². The third-order valence-electron chi connectivity index (χ3n) is 6.27. The van der Waals surface area contributed by atoms with Crippen molar-refractivity contribution >= 4 is 41.4 Å². The van der Waals surface area contributed by atoms with Crippen LogP contribution in [0.25, 0.3) is 0 Å². The van der Waals surface area contributed by atoms with E-state index in [2.05, 4.69) is 21.5 Å². The molecule has 1 aliphatic heterocycles. The molecule has 10 heteroatoms. The van der Waals surface area contributed by atoms with E-state index in [1.807, 2.05) is 4.90 Å². The lowest BCUT2D eigenvalue weighted by Crippen LogP contribution is -2.36. The number of carbonyl (C=O) groups excluding carboxylic acids is 2. The van der Waals surface area contributed by atoms with Gasteiger partial charge in [0.05, 0.1) is 30.4 Å². The quantitative estimate of drug-likeness (QED) is 0.159. The number of rotatable bonds is 8. The first kappa shape index (κ1) is 27.7. The topological polar surface area (TPSA) is 130 Å². The normalized spacial score (nSPS) is 13.3. The summed E-state index contributed by atoms with van der Waals surface area (Å²) in [5, 5.41) is 14.3. The number of likely N-dealkylation sites (tertiary alicyclic amines) is 1. The van der Waals surface area contributed by atoms with E-state index in [0.29, 0.717) is 59.9 Å². The fourth-order valence-electron chi connectivity index (χ4n) is 4.09. The van der Waals surface area contributed by atoms with Crippen molar-refractivity contribution in [1.82, 2.24) is 4.90 Å². The number of piperidine rings is 1. The van der Waals surface area contributed by atoms with E-state index in [1.54, 1.807) is 73.1 Å². The molecule has 3 aromatic rings. The molecule has 40 heavy (non-hydrogen) atoms. The van der Waals surface area contributed by atoms with Gasteiger partial charge in [0.15, 0.2) is 0 Å². The number of hydrogen-bond donors (Lipinski definition) is 3. The molecule has 0 aromatic heterocycles. The summed E-state index contributed by atoms with van der Waals surface area (Å²) in [6.07, 6.45) is 6.74. The first-order valence-electron chi connectivity index (χ1n) is 12.5. The summed E-state index contributed by atoms with van der Waals surface area (Å²) in [5.74, 6) is 2.17. The molecule has 0 atom stereocenters. The van der Waals surface area contributed by atoms with Gasteiger partial charge in [0.1, 0.15) is 11.9 Å². The van der Waals surface area contributed by atoms with Gasteiger partial charge in [0.25, 0.3) is 11.8 Å². The lowest BCUT2D eigenvalue weighted by atomic mass is 10.1. The van der Waals surface area contributed by atoms with Crippen LogP contribution in [0.2, 0.25) is 0 Å². The number of nitrogens with one attached hydrogen (secondary N) is 2. The molecular weight excluding hydrogens is 512 g/mol. The van der Waals surface area contributed by atoms with Crippen molar-refractivity contribution < 1.29 is 29.0 Å². The third-order valence-corrected chi connectivity index (χ3v) is 6.27. The van der Waals surface area contributed by atoms with Crippen LogP contribution in [0.4, 0.5) is 21.9 Å². The highest BCUT2D eigenvalue weighted by atomic mass is 16.7. The minimum absolute atomic E-state index is 0.229. The highest BCUT2D eigenvalue weighted by molar-refractivity contribution is 6.12. The number of aliphatic imine (C=N–C) groups is 1. The molecule has 0 aliphatic carbocycles. The summed E-state index contributed by atoms with van der Waals surface area (Å²) >= 11 is 0. The molecule has 0 saturated carbocycles. The van der Waals surface area contributed by atoms with Crippen LogP contribution in [0.1, 0.15) is 39.1 Å². The molecular formula is C30H28N4O6. The first-order chi connectivity index (χ1) is 19.3. The Balaban J connectivity index is 1.40. The third kappa shape index (κ3) is 7.39. The number of terminal acetylenes is 1. The Morgan fingerprint density at radius 2 is 1.70 bits per heavy atom. The Bertz CT molecular complexity index is 1440. The maximum atomic E-state index is 13.1. The average molecular weight is 541 g/mol. The van der Waals surface area contributed by atoms with Gasteiger partial charge >= 0.3 is 6.16 Å². The second-order valence-corrected chi connectivity index (χ2v) is 8.95. The first-order valence-corrected chi connectivity index (χ1v) is 12.5. The molecule has 4 rings (SSSR count). The minimum Gasteiger partial charge on any atom is -0.497 e. The molecule has 3 aromatic carbocycles. The number of benzene rings is 3. The molecule has 2 amide bonds. The summed E-state index contributed by atoms with van der Waals surface area (Å²) in [7, 11) is 1.49. The summed E-state index contributed by atoms with van der Waals surface area (Å²) in [4.78, 5) is 43.2. The maximum Gasteiger partial charge on any atom is 0.506 e. The van der Waals surface area contributed by atoms with Crippen LogP contribution in [0.3, 0.4) is 0 Å². The Morgan fingerprint density at radius 3 is 2.33 bits per heavy atom. The molecule has 0 radical (unpaired) electrons. The zero-order chi connectivity index (χ0) is 28.5. The largest absolute Gasteiger partial charge is 0.506 e. The van der Waals surface area contributed by atoms with E-state index in [4.69, 9.17) is 21.0 Å². The van der Waals surface area contributed by atoms with Gasteiger partial charge in [0, 0.05) is 42.7 Å². The maximum absolute atomic E-state index is 13.1. The summed E-state index contributed by atoms with van der Waals surface area (Å²) in [6, 6.07) is 18.4. The monoisotopic (exact) mass is 540 g/mol. The molecule has 0 bridgehead atoms. The number of carboxylic acid groups (broad SMARTS) is 1. The van der Waals surface area contributed by atoms with Crippen LogP contribution >= 0.6 is 0 Å². The molecule has 0 unspecified atom stereocenters. The van der Waals surface area contributed by atoms with Crippen molar-refractivity contribution in [3.8, 4) is 18.1 Å².